The first kappa shape index (κ1) is 21.4. The summed E-state index contributed by atoms with van der Waals surface area (Å²) in [4.78, 5) is 26.5. The van der Waals surface area contributed by atoms with Gasteiger partial charge in [0.15, 0.2) is 0 Å². The number of likely N-dealkylation sites (N-methyl/N-ethyl adjacent to an activating group) is 2. The highest BCUT2D eigenvalue weighted by Crippen LogP contribution is 2.09. The first-order valence-electron chi connectivity index (χ1n) is 7.64. The number of rotatable bonds is 7. The quantitative estimate of drug-likeness (QED) is 0.795. The van der Waals surface area contributed by atoms with E-state index >= 15 is 0 Å². The Kier molecular flexibility index (Phi) is 9.53. The fourth-order valence-electron chi connectivity index (χ4n) is 2.15. The van der Waals surface area contributed by atoms with Crippen LogP contribution in [-0.4, -0.2) is 49.9 Å². The molecule has 23 heavy (non-hydrogen) atoms. The van der Waals surface area contributed by atoms with Gasteiger partial charge in [-0.1, -0.05) is 31.5 Å². The van der Waals surface area contributed by atoms with Gasteiger partial charge in [-0.25, -0.2) is 0 Å². The highest BCUT2D eigenvalue weighted by atomic mass is 35.5. The van der Waals surface area contributed by atoms with Crippen LogP contribution in [0.5, 0.6) is 0 Å². The van der Waals surface area contributed by atoms with Crippen LogP contribution < -0.4 is 10.6 Å². The van der Waals surface area contributed by atoms with E-state index in [1.54, 1.807) is 18.0 Å². The second kappa shape index (κ2) is 10.2. The summed E-state index contributed by atoms with van der Waals surface area (Å²) in [5.74, 6) is -0.248. The van der Waals surface area contributed by atoms with E-state index in [-0.39, 0.29) is 30.1 Å². The van der Waals surface area contributed by atoms with Crippen molar-refractivity contribution >= 4 is 24.2 Å². The zero-order chi connectivity index (χ0) is 16.7. The number of hydrogen-bond donors (Lipinski definition) is 2. The van der Waals surface area contributed by atoms with Gasteiger partial charge in [-0.3, -0.25) is 9.59 Å². The average Bonchev–Trinajstić information content (AvgIpc) is 2.48. The lowest BCUT2D eigenvalue weighted by Crippen LogP contribution is -2.51. The minimum absolute atomic E-state index is 0. The van der Waals surface area contributed by atoms with Gasteiger partial charge in [0, 0.05) is 25.7 Å². The molecule has 0 aliphatic rings. The molecule has 0 saturated heterocycles. The third-order valence-electron chi connectivity index (χ3n) is 3.57. The molecule has 1 rings (SSSR count). The van der Waals surface area contributed by atoms with Crippen LogP contribution in [-0.2, 0) is 4.79 Å². The summed E-state index contributed by atoms with van der Waals surface area (Å²) < 4.78 is 0. The zero-order valence-corrected chi connectivity index (χ0v) is 15.4. The Labute approximate surface area is 145 Å². The first-order valence-corrected chi connectivity index (χ1v) is 7.64. The molecule has 1 aromatic rings. The molecule has 6 heteroatoms. The van der Waals surface area contributed by atoms with Crippen molar-refractivity contribution in [2.45, 2.75) is 26.8 Å². The molecule has 0 aliphatic heterocycles. The van der Waals surface area contributed by atoms with E-state index in [1.165, 1.54) is 0 Å². The maximum Gasteiger partial charge on any atom is 0.251 e. The lowest BCUT2D eigenvalue weighted by atomic mass is 10.0. The Morgan fingerprint density at radius 1 is 1.26 bits per heavy atom. The monoisotopic (exact) mass is 341 g/mol. The molecule has 0 saturated carbocycles. The minimum Gasteiger partial charge on any atom is -0.343 e. The lowest BCUT2D eigenvalue weighted by Gasteiger charge is -2.27. The molecule has 1 atom stereocenters. The third kappa shape index (κ3) is 6.59. The summed E-state index contributed by atoms with van der Waals surface area (Å²) >= 11 is 0. The van der Waals surface area contributed by atoms with Crippen LogP contribution in [0.1, 0.15) is 29.8 Å². The molecule has 2 N–H and O–H groups in total. The van der Waals surface area contributed by atoms with Gasteiger partial charge < -0.3 is 15.5 Å². The van der Waals surface area contributed by atoms with Crippen molar-refractivity contribution in [3.8, 4) is 0 Å². The maximum atomic E-state index is 12.5. The average molecular weight is 342 g/mol. The fraction of sp³-hybridized carbons (Fsp3) is 0.529. The highest BCUT2D eigenvalue weighted by molar-refractivity contribution is 5.97. The molecular weight excluding hydrogens is 314 g/mol. The fourth-order valence-corrected chi connectivity index (χ4v) is 2.15. The predicted octanol–water partition coefficient (Wildman–Crippen LogP) is 1.85. The smallest absolute Gasteiger partial charge is 0.251 e. The van der Waals surface area contributed by atoms with E-state index in [2.05, 4.69) is 10.6 Å². The van der Waals surface area contributed by atoms with Crippen LogP contribution in [0.25, 0.3) is 0 Å². The Bertz CT molecular complexity index is 520. The van der Waals surface area contributed by atoms with Crippen molar-refractivity contribution in [1.29, 1.82) is 0 Å². The van der Waals surface area contributed by atoms with Crippen molar-refractivity contribution < 1.29 is 9.59 Å². The second-order valence-electron chi connectivity index (χ2n) is 5.93. The molecule has 0 aromatic heterocycles. The zero-order valence-electron chi connectivity index (χ0n) is 14.6. The molecule has 5 nitrogen and oxygen atoms in total. The first-order chi connectivity index (χ1) is 10.4. The summed E-state index contributed by atoms with van der Waals surface area (Å²) in [6, 6.07) is 6.84. The van der Waals surface area contributed by atoms with E-state index in [1.807, 2.05) is 46.0 Å². The Hall–Kier alpha value is -1.59. The van der Waals surface area contributed by atoms with Crippen molar-refractivity contribution in [3.05, 3.63) is 35.4 Å². The topological polar surface area (TPSA) is 61.4 Å². The summed E-state index contributed by atoms with van der Waals surface area (Å²) in [5, 5.41) is 5.88. The van der Waals surface area contributed by atoms with Crippen molar-refractivity contribution in [2.75, 3.05) is 27.2 Å². The van der Waals surface area contributed by atoms with Crippen LogP contribution in [0.2, 0.25) is 0 Å². The Balaban J connectivity index is 0.00000484. The molecule has 0 bridgehead atoms. The van der Waals surface area contributed by atoms with Gasteiger partial charge in [0.1, 0.15) is 6.04 Å². The van der Waals surface area contributed by atoms with Crippen molar-refractivity contribution in [1.82, 2.24) is 15.5 Å². The summed E-state index contributed by atoms with van der Waals surface area (Å²) in [6.45, 7) is 7.14. The summed E-state index contributed by atoms with van der Waals surface area (Å²) in [5.41, 5.74) is 1.60. The molecule has 0 fully saturated rings. The number of nitrogens with zero attached hydrogens (tertiary/aromatic N) is 1. The SMILES string of the molecule is CNCCN(C)C(=O)C(NC(=O)c1cccc(C)c1)C(C)C.Cl. The number of carbonyl (C=O) groups is 2. The maximum absolute atomic E-state index is 12.5. The number of hydrogen-bond acceptors (Lipinski definition) is 3. The normalized spacial score (nSPS) is 11.6. The van der Waals surface area contributed by atoms with E-state index in [0.29, 0.717) is 12.1 Å². The van der Waals surface area contributed by atoms with Gasteiger partial charge in [-0.05, 0) is 32.0 Å². The number of amides is 2. The standard InChI is InChI=1S/C17H27N3O2.ClH/c1-12(2)15(17(22)20(5)10-9-18-4)19-16(21)14-8-6-7-13(3)11-14;/h6-8,11-12,15,18H,9-10H2,1-5H3,(H,19,21);1H. The van der Waals surface area contributed by atoms with Gasteiger partial charge in [0.25, 0.3) is 5.91 Å². The number of nitrogens with one attached hydrogen (secondary N) is 2. The molecule has 1 unspecified atom stereocenters. The molecule has 0 aliphatic carbocycles. The van der Waals surface area contributed by atoms with Crippen molar-refractivity contribution in [3.63, 3.8) is 0 Å². The van der Waals surface area contributed by atoms with Gasteiger partial charge >= 0.3 is 0 Å². The molecule has 1 aromatic carbocycles. The molecule has 130 valence electrons. The van der Waals surface area contributed by atoms with E-state index in [4.69, 9.17) is 0 Å². The number of benzene rings is 1. The van der Waals surface area contributed by atoms with E-state index in [0.717, 1.165) is 12.1 Å². The van der Waals surface area contributed by atoms with Gasteiger partial charge in [0.05, 0.1) is 0 Å². The highest BCUT2D eigenvalue weighted by Gasteiger charge is 2.27. The Morgan fingerprint density at radius 3 is 2.43 bits per heavy atom. The van der Waals surface area contributed by atoms with E-state index < -0.39 is 6.04 Å². The van der Waals surface area contributed by atoms with Crippen LogP contribution in [0.3, 0.4) is 0 Å². The van der Waals surface area contributed by atoms with Crippen LogP contribution in [0, 0.1) is 12.8 Å². The number of halogens is 1. The third-order valence-corrected chi connectivity index (χ3v) is 3.57. The van der Waals surface area contributed by atoms with Crippen molar-refractivity contribution in [2.24, 2.45) is 5.92 Å². The summed E-state index contributed by atoms with van der Waals surface area (Å²) in [7, 11) is 3.60. The van der Waals surface area contributed by atoms with Crippen LogP contribution in [0.4, 0.5) is 0 Å². The molecule has 0 radical (unpaired) electrons. The summed E-state index contributed by atoms with van der Waals surface area (Å²) in [6.07, 6.45) is 0. The molecule has 2 amide bonds. The largest absolute Gasteiger partial charge is 0.343 e. The predicted molar refractivity (Wildman–Crippen MR) is 96.1 cm³/mol. The van der Waals surface area contributed by atoms with Crippen LogP contribution >= 0.6 is 12.4 Å². The minimum atomic E-state index is -0.519. The second-order valence-corrected chi connectivity index (χ2v) is 5.93. The van der Waals surface area contributed by atoms with Gasteiger partial charge in [-0.15, -0.1) is 12.4 Å². The molecule has 0 heterocycles. The van der Waals surface area contributed by atoms with Gasteiger partial charge in [-0.2, -0.15) is 0 Å². The number of carbonyl (C=O) groups excluding carboxylic acids is 2. The Morgan fingerprint density at radius 2 is 1.91 bits per heavy atom. The van der Waals surface area contributed by atoms with E-state index in [9.17, 15) is 9.59 Å². The molecule has 0 spiro atoms. The molecular formula is C17H28ClN3O2. The van der Waals surface area contributed by atoms with Gasteiger partial charge in [0.2, 0.25) is 5.91 Å². The number of aryl methyl sites for hydroxylation is 1. The van der Waals surface area contributed by atoms with Crippen LogP contribution in [0.15, 0.2) is 24.3 Å². The lowest BCUT2D eigenvalue weighted by molar-refractivity contribution is -0.132.